The summed E-state index contributed by atoms with van der Waals surface area (Å²) in [4.78, 5) is 28.4. The number of amides is 1. The lowest BCUT2D eigenvalue weighted by atomic mass is 10.1. The second kappa shape index (κ2) is 10.8. The van der Waals surface area contributed by atoms with Crippen molar-refractivity contribution in [2.24, 2.45) is 0 Å². The molecule has 37 heavy (non-hydrogen) atoms. The van der Waals surface area contributed by atoms with Crippen LogP contribution in [-0.4, -0.2) is 63.0 Å². The number of benzene rings is 2. The number of nitrogens with one attached hydrogen (secondary N) is 1. The van der Waals surface area contributed by atoms with Crippen molar-refractivity contribution in [3.8, 4) is 17.1 Å². The van der Waals surface area contributed by atoms with E-state index in [9.17, 15) is 14.0 Å². The van der Waals surface area contributed by atoms with Crippen LogP contribution in [-0.2, 0) is 22.5 Å². The molecule has 2 aromatic carbocycles. The fourth-order valence-corrected chi connectivity index (χ4v) is 5.22. The largest absolute Gasteiger partial charge is 0.372 e. The van der Waals surface area contributed by atoms with Crippen molar-refractivity contribution >= 4 is 17.5 Å². The smallest absolute Gasteiger partial charge is 0.351 e. The van der Waals surface area contributed by atoms with Gasteiger partial charge in [0.05, 0.1) is 22.9 Å². The maximum absolute atomic E-state index is 13.8. The molecule has 8 nitrogen and oxygen atoms in total. The van der Waals surface area contributed by atoms with Gasteiger partial charge in [0.15, 0.2) is 5.82 Å². The van der Waals surface area contributed by atoms with Crippen LogP contribution < -0.4 is 11.0 Å². The van der Waals surface area contributed by atoms with Gasteiger partial charge in [-0.1, -0.05) is 23.7 Å². The standard InChI is InChI=1S/C27H31ClFN5O3/c1-17(2)30-25(35)16-33-26(19-5-10-24(29)23(28)13-19)31-34(27(33)36)20-6-3-18(4-7-20)11-12-32-14-21-8-9-22(15-32)37-21/h3-7,10,13,17,21-22H,8-9,11-12,14-16H2,1-2H3,(H,30,35). The molecule has 1 amide bonds. The van der Waals surface area contributed by atoms with Crippen LogP contribution in [0.4, 0.5) is 4.39 Å². The molecule has 2 atom stereocenters. The highest BCUT2D eigenvalue weighted by molar-refractivity contribution is 6.31. The molecule has 0 spiro atoms. The number of likely N-dealkylation sites (tertiary alicyclic amines) is 1. The topological polar surface area (TPSA) is 81.4 Å². The summed E-state index contributed by atoms with van der Waals surface area (Å²) in [5, 5.41) is 7.21. The van der Waals surface area contributed by atoms with Gasteiger partial charge in [-0.15, -0.1) is 5.10 Å². The first-order valence-corrected chi connectivity index (χ1v) is 13.1. The third kappa shape index (κ3) is 5.79. The van der Waals surface area contributed by atoms with Crippen LogP contribution in [0, 0.1) is 5.82 Å². The first kappa shape index (κ1) is 25.6. The number of ether oxygens (including phenoxy) is 1. The average Bonchev–Trinajstić information content (AvgIpc) is 3.37. The molecule has 2 aliphatic heterocycles. The SMILES string of the molecule is CC(C)NC(=O)Cn1c(-c2ccc(F)c(Cl)c2)nn(-c2ccc(CCN3CC4CCC(C3)O4)cc2)c1=O. The van der Waals surface area contributed by atoms with E-state index in [1.54, 1.807) is 0 Å². The lowest BCUT2D eigenvalue weighted by Crippen LogP contribution is -2.43. The molecule has 0 radical (unpaired) electrons. The summed E-state index contributed by atoms with van der Waals surface area (Å²) < 4.78 is 22.2. The highest BCUT2D eigenvalue weighted by atomic mass is 35.5. The first-order chi connectivity index (χ1) is 17.8. The Bertz CT molecular complexity index is 1320. The molecule has 5 rings (SSSR count). The third-order valence-corrected chi connectivity index (χ3v) is 7.10. The van der Waals surface area contributed by atoms with Gasteiger partial charge in [-0.3, -0.25) is 14.3 Å². The number of hydrogen-bond acceptors (Lipinski definition) is 5. The van der Waals surface area contributed by atoms with Crippen LogP contribution in [0.1, 0.15) is 32.3 Å². The van der Waals surface area contributed by atoms with Crippen molar-refractivity contribution in [2.75, 3.05) is 19.6 Å². The predicted octanol–water partition coefficient (Wildman–Crippen LogP) is 3.42. The van der Waals surface area contributed by atoms with E-state index in [1.807, 2.05) is 38.1 Å². The van der Waals surface area contributed by atoms with Gasteiger partial charge in [-0.25, -0.2) is 9.18 Å². The number of morpholine rings is 1. The Morgan fingerprint density at radius 2 is 1.86 bits per heavy atom. The van der Waals surface area contributed by atoms with E-state index >= 15 is 0 Å². The zero-order chi connectivity index (χ0) is 26.1. The molecular formula is C27H31ClFN5O3. The fourth-order valence-electron chi connectivity index (χ4n) is 5.04. The van der Waals surface area contributed by atoms with Gasteiger partial charge in [-0.05, 0) is 69.0 Å². The molecule has 3 aromatic rings. The van der Waals surface area contributed by atoms with Crippen LogP contribution in [0.15, 0.2) is 47.3 Å². The minimum atomic E-state index is -0.573. The predicted molar refractivity (Wildman–Crippen MR) is 140 cm³/mol. The molecular weight excluding hydrogens is 497 g/mol. The molecule has 1 aromatic heterocycles. The number of aromatic nitrogens is 3. The van der Waals surface area contributed by atoms with E-state index in [4.69, 9.17) is 16.3 Å². The lowest BCUT2D eigenvalue weighted by molar-refractivity contribution is -0.122. The summed E-state index contributed by atoms with van der Waals surface area (Å²) in [6, 6.07) is 11.7. The number of fused-ring (bicyclic) bond motifs is 2. The van der Waals surface area contributed by atoms with Crippen LogP contribution in [0.5, 0.6) is 0 Å². The molecule has 10 heteroatoms. The normalized spacial score (nSPS) is 19.5. The Hall–Kier alpha value is -3.01. The summed E-state index contributed by atoms with van der Waals surface area (Å²) >= 11 is 5.99. The van der Waals surface area contributed by atoms with Crippen LogP contribution >= 0.6 is 11.6 Å². The number of hydrogen-bond donors (Lipinski definition) is 1. The van der Waals surface area contributed by atoms with E-state index in [1.165, 1.54) is 27.4 Å². The molecule has 2 saturated heterocycles. The molecule has 196 valence electrons. The molecule has 2 unspecified atom stereocenters. The summed E-state index contributed by atoms with van der Waals surface area (Å²) in [6.45, 7) is 6.40. The number of halogens is 2. The summed E-state index contributed by atoms with van der Waals surface area (Å²) in [7, 11) is 0. The highest BCUT2D eigenvalue weighted by Crippen LogP contribution is 2.26. The zero-order valence-electron chi connectivity index (χ0n) is 21.0. The number of rotatable bonds is 8. The van der Waals surface area contributed by atoms with Gasteiger partial charge in [0.25, 0.3) is 0 Å². The quantitative estimate of drug-likeness (QED) is 0.485. The zero-order valence-corrected chi connectivity index (χ0v) is 21.7. The Labute approximate surface area is 220 Å². The molecule has 2 aliphatic rings. The van der Waals surface area contributed by atoms with E-state index < -0.39 is 11.5 Å². The van der Waals surface area contributed by atoms with Gasteiger partial charge < -0.3 is 10.1 Å². The molecule has 2 fully saturated rings. The minimum absolute atomic E-state index is 0.0814. The Morgan fingerprint density at radius 1 is 1.16 bits per heavy atom. The second-order valence-electron chi connectivity index (χ2n) is 10.1. The Kier molecular flexibility index (Phi) is 7.46. The Balaban J connectivity index is 1.38. The molecule has 1 N–H and O–H groups in total. The number of carbonyl (C=O) groups excluding carboxylic acids is 1. The second-order valence-corrected chi connectivity index (χ2v) is 10.5. The molecule has 3 heterocycles. The average molecular weight is 528 g/mol. The molecule has 0 aliphatic carbocycles. The van der Waals surface area contributed by atoms with Crippen molar-refractivity contribution in [1.29, 1.82) is 0 Å². The van der Waals surface area contributed by atoms with Gasteiger partial charge in [0.2, 0.25) is 5.91 Å². The molecule has 0 saturated carbocycles. The fraction of sp³-hybridized carbons (Fsp3) is 0.444. The van der Waals surface area contributed by atoms with Crippen molar-refractivity contribution in [2.45, 2.75) is 57.9 Å². The van der Waals surface area contributed by atoms with Crippen molar-refractivity contribution in [3.63, 3.8) is 0 Å². The van der Waals surface area contributed by atoms with E-state index in [0.29, 0.717) is 23.5 Å². The summed E-state index contributed by atoms with van der Waals surface area (Å²) in [5.41, 5.74) is 1.72. The van der Waals surface area contributed by atoms with E-state index in [-0.39, 0.29) is 29.3 Å². The van der Waals surface area contributed by atoms with Crippen LogP contribution in [0.2, 0.25) is 5.02 Å². The summed E-state index contributed by atoms with van der Waals surface area (Å²) in [6.07, 6.45) is 3.95. The van der Waals surface area contributed by atoms with Gasteiger partial charge in [0.1, 0.15) is 12.4 Å². The number of nitrogens with zero attached hydrogens (tertiary/aromatic N) is 4. The van der Waals surface area contributed by atoms with Gasteiger partial charge >= 0.3 is 5.69 Å². The summed E-state index contributed by atoms with van der Waals surface area (Å²) in [5.74, 6) is -0.661. The van der Waals surface area contributed by atoms with Crippen molar-refractivity contribution in [3.05, 3.63) is 69.4 Å². The van der Waals surface area contributed by atoms with Crippen LogP contribution in [0.25, 0.3) is 17.1 Å². The lowest BCUT2D eigenvalue weighted by Gasteiger charge is -2.32. The highest BCUT2D eigenvalue weighted by Gasteiger charge is 2.33. The van der Waals surface area contributed by atoms with Gasteiger partial charge in [-0.2, -0.15) is 4.68 Å². The minimum Gasteiger partial charge on any atom is -0.372 e. The maximum atomic E-state index is 13.8. The Morgan fingerprint density at radius 3 is 2.51 bits per heavy atom. The van der Waals surface area contributed by atoms with E-state index in [2.05, 4.69) is 15.3 Å². The van der Waals surface area contributed by atoms with Crippen LogP contribution in [0.3, 0.4) is 0 Å². The van der Waals surface area contributed by atoms with Crippen molar-refractivity contribution in [1.82, 2.24) is 24.6 Å². The monoisotopic (exact) mass is 527 g/mol. The number of carbonyl (C=O) groups is 1. The third-order valence-electron chi connectivity index (χ3n) is 6.81. The van der Waals surface area contributed by atoms with E-state index in [0.717, 1.165) is 44.5 Å². The van der Waals surface area contributed by atoms with Gasteiger partial charge in [0, 0.05) is 31.2 Å². The first-order valence-electron chi connectivity index (χ1n) is 12.7. The molecule has 2 bridgehead atoms. The maximum Gasteiger partial charge on any atom is 0.351 e. The van der Waals surface area contributed by atoms with Crippen molar-refractivity contribution < 1.29 is 13.9 Å².